The molecule has 86 valence electrons. The monoisotopic (exact) mass is 238 g/mol. The smallest absolute Gasteiger partial charge is 0.216 e. The van der Waals surface area contributed by atoms with Crippen molar-refractivity contribution in [2.45, 2.75) is 18.9 Å². The molecule has 1 unspecified atom stereocenters. The van der Waals surface area contributed by atoms with Crippen molar-refractivity contribution in [3.05, 3.63) is 34.9 Å². The number of nitrogens with two attached hydrogens (primary N) is 1. The molecule has 0 saturated heterocycles. The Hall–Kier alpha value is -1.06. The lowest BCUT2D eigenvalue weighted by Crippen LogP contribution is -2.09. The molecule has 0 amide bonds. The third kappa shape index (κ3) is 2.74. The van der Waals surface area contributed by atoms with E-state index in [1.807, 2.05) is 24.3 Å². The van der Waals surface area contributed by atoms with Crippen LogP contribution in [-0.4, -0.2) is 25.1 Å². The van der Waals surface area contributed by atoms with E-state index in [0.29, 0.717) is 13.2 Å². The van der Waals surface area contributed by atoms with Gasteiger partial charge >= 0.3 is 0 Å². The molecule has 0 saturated carbocycles. The standard InChI is InChI=1S/C12H15ClN2O/c13-10-5-3-9(4-6-10)12-15-11(8-16-12)2-1-7-14/h3-6,11H,1-2,7-8,14H2. The summed E-state index contributed by atoms with van der Waals surface area (Å²) in [4.78, 5) is 4.52. The Balaban J connectivity index is 2.03. The lowest BCUT2D eigenvalue weighted by atomic mass is 10.2. The van der Waals surface area contributed by atoms with Crippen LogP contribution < -0.4 is 5.73 Å². The SMILES string of the molecule is NCCCC1COC(c2ccc(Cl)cc2)=N1. The average Bonchev–Trinajstić information content (AvgIpc) is 2.76. The van der Waals surface area contributed by atoms with Crippen LogP contribution in [0.2, 0.25) is 5.02 Å². The molecule has 1 aliphatic heterocycles. The van der Waals surface area contributed by atoms with Gasteiger partial charge in [0.15, 0.2) is 0 Å². The Kier molecular flexibility index (Phi) is 3.80. The first-order chi connectivity index (χ1) is 7.79. The van der Waals surface area contributed by atoms with Crippen molar-refractivity contribution in [3.63, 3.8) is 0 Å². The molecule has 0 aliphatic carbocycles. The summed E-state index contributed by atoms with van der Waals surface area (Å²) < 4.78 is 5.55. The highest BCUT2D eigenvalue weighted by Gasteiger charge is 2.19. The van der Waals surface area contributed by atoms with E-state index in [0.717, 1.165) is 29.3 Å². The molecule has 0 radical (unpaired) electrons. The van der Waals surface area contributed by atoms with Gasteiger partial charge in [-0.25, -0.2) is 4.99 Å². The fraction of sp³-hybridized carbons (Fsp3) is 0.417. The zero-order valence-corrected chi connectivity index (χ0v) is 9.78. The highest BCUT2D eigenvalue weighted by molar-refractivity contribution is 6.30. The Morgan fingerprint density at radius 2 is 2.12 bits per heavy atom. The number of hydrogen-bond donors (Lipinski definition) is 1. The zero-order valence-electron chi connectivity index (χ0n) is 9.03. The molecule has 1 aromatic rings. The molecule has 1 heterocycles. The number of aliphatic imine (C=N–C) groups is 1. The molecule has 1 atom stereocenters. The van der Waals surface area contributed by atoms with E-state index >= 15 is 0 Å². The van der Waals surface area contributed by atoms with Gasteiger partial charge in [0.25, 0.3) is 0 Å². The van der Waals surface area contributed by atoms with Crippen molar-refractivity contribution in [3.8, 4) is 0 Å². The van der Waals surface area contributed by atoms with Crippen molar-refractivity contribution in [2.24, 2.45) is 10.7 Å². The second-order valence-electron chi connectivity index (χ2n) is 3.84. The van der Waals surface area contributed by atoms with Crippen LogP contribution in [-0.2, 0) is 4.74 Å². The highest BCUT2D eigenvalue weighted by atomic mass is 35.5. The van der Waals surface area contributed by atoms with Gasteiger partial charge in [0.2, 0.25) is 5.90 Å². The van der Waals surface area contributed by atoms with Crippen LogP contribution in [0.25, 0.3) is 0 Å². The van der Waals surface area contributed by atoms with Gasteiger partial charge in [-0.1, -0.05) is 11.6 Å². The number of benzene rings is 1. The maximum Gasteiger partial charge on any atom is 0.216 e. The topological polar surface area (TPSA) is 47.6 Å². The van der Waals surface area contributed by atoms with E-state index in [4.69, 9.17) is 22.1 Å². The third-order valence-corrected chi connectivity index (χ3v) is 2.80. The minimum absolute atomic E-state index is 0.259. The molecular weight excluding hydrogens is 224 g/mol. The first-order valence-electron chi connectivity index (χ1n) is 5.46. The molecule has 16 heavy (non-hydrogen) atoms. The summed E-state index contributed by atoms with van der Waals surface area (Å²) in [6.07, 6.45) is 1.99. The average molecular weight is 239 g/mol. The predicted octanol–water partition coefficient (Wildman–Crippen LogP) is 2.22. The van der Waals surface area contributed by atoms with E-state index in [1.165, 1.54) is 0 Å². The van der Waals surface area contributed by atoms with Crippen molar-refractivity contribution in [2.75, 3.05) is 13.2 Å². The minimum atomic E-state index is 0.259. The van der Waals surface area contributed by atoms with Crippen LogP contribution in [0.15, 0.2) is 29.3 Å². The number of nitrogens with zero attached hydrogens (tertiary/aromatic N) is 1. The summed E-state index contributed by atoms with van der Waals surface area (Å²) in [6, 6.07) is 7.79. The second-order valence-corrected chi connectivity index (χ2v) is 4.27. The molecule has 0 aromatic heterocycles. The van der Waals surface area contributed by atoms with Crippen molar-refractivity contribution in [1.29, 1.82) is 0 Å². The summed E-state index contributed by atoms with van der Waals surface area (Å²) >= 11 is 5.82. The highest BCUT2D eigenvalue weighted by Crippen LogP contribution is 2.17. The minimum Gasteiger partial charge on any atom is -0.475 e. The summed E-state index contributed by atoms with van der Waals surface area (Å²) in [7, 11) is 0. The van der Waals surface area contributed by atoms with Gasteiger partial charge in [0.05, 0.1) is 6.04 Å². The van der Waals surface area contributed by atoms with Gasteiger partial charge in [-0.3, -0.25) is 0 Å². The summed E-state index contributed by atoms with van der Waals surface area (Å²) in [5, 5.41) is 0.724. The first kappa shape index (κ1) is 11.4. The van der Waals surface area contributed by atoms with Crippen molar-refractivity contribution in [1.82, 2.24) is 0 Å². The molecule has 4 heteroatoms. The maximum atomic E-state index is 5.82. The van der Waals surface area contributed by atoms with Gasteiger partial charge in [0, 0.05) is 10.6 Å². The number of ether oxygens (including phenoxy) is 1. The normalized spacial score (nSPS) is 19.4. The molecule has 1 aliphatic rings. The second kappa shape index (κ2) is 5.32. The fourth-order valence-corrected chi connectivity index (χ4v) is 1.79. The summed E-state index contributed by atoms with van der Waals surface area (Å²) in [5.41, 5.74) is 6.45. The lowest BCUT2D eigenvalue weighted by Gasteiger charge is -2.01. The fourth-order valence-electron chi connectivity index (χ4n) is 1.67. The summed E-state index contributed by atoms with van der Waals surface area (Å²) in [6.45, 7) is 1.38. The molecule has 0 spiro atoms. The molecule has 0 bridgehead atoms. The van der Waals surface area contributed by atoms with Crippen LogP contribution in [0.4, 0.5) is 0 Å². The third-order valence-electron chi connectivity index (χ3n) is 2.54. The van der Waals surface area contributed by atoms with E-state index in [9.17, 15) is 0 Å². The van der Waals surface area contributed by atoms with Crippen LogP contribution in [0.1, 0.15) is 18.4 Å². The van der Waals surface area contributed by atoms with Gasteiger partial charge in [-0.15, -0.1) is 0 Å². The van der Waals surface area contributed by atoms with Crippen LogP contribution in [0.5, 0.6) is 0 Å². The number of hydrogen-bond acceptors (Lipinski definition) is 3. The number of rotatable bonds is 4. The number of halogens is 1. The van der Waals surface area contributed by atoms with E-state index in [-0.39, 0.29) is 6.04 Å². The van der Waals surface area contributed by atoms with Crippen LogP contribution in [0.3, 0.4) is 0 Å². The van der Waals surface area contributed by atoms with Crippen molar-refractivity contribution >= 4 is 17.5 Å². The van der Waals surface area contributed by atoms with Gasteiger partial charge in [-0.2, -0.15) is 0 Å². The van der Waals surface area contributed by atoms with E-state index < -0.39 is 0 Å². The van der Waals surface area contributed by atoms with Crippen LogP contribution in [0, 0.1) is 0 Å². The Bertz CT molecular complexity index is 375. The molecule has 0 fully saturated rings. The largest absolute Gasteiger partial charge is 0.475 e. The molecular formula is C12H15ClN2O. The molecule has 1 aromatic carbocycles. The van der Waals surface area contributed by atoms with Gasteiger partial charge in [0.1, 0.15) is 6.61 Å². The first-order valence-corrected chi connectivity index (χ1v) is 5.84. The molecule has 3 nitrogen and oxygen atoms in total. The van der Waals surface area contributed by atoms with E-state index in [1.54, 1.807) is 0 Å². The predicted molar refractivity (Wildman–Crippen MR) is 66.0 cm³/mol. The quantitative estimate of drug-likeness (QED) is 0.875. The van der Waals surface area contributed by atoms with Gasteiger partial charge < -0.3 is 10.5 Å². The van der Waals surface area contributed by atoms with Crippen molar-refractivity contribution < 1.29 is 4.74 Å². The lowest BCUT2D eigenvalue weighted by molar-refractivity contribution is 0.311. The summed E-state index contributed by atoms with van der Waals surface area (Å²) in [5.74, 6) is 0.721. The maximum absolute atomic E-state index is 5.82. The Morgan fingerprint density at radius 3 is 2.81 bits per heavy atom. The van der Waals surface area contributed by atoms with E-state index in [2.05, 4.69) is 4.99 Å². The Morgan fingerprint density at radius 1 is 1.38 bits per heavy atom. The molecule has 2 rings (SSSR count). The van der Waals surface area contributed by atoms with Crippen LogP contribution >= 0.6 is 11.6 Å². The zero-order chi connectivity index (χ0) is 11.4. The molecule has 2 N–H and O–H groups in total. The Labute approximate surface area is 100 Å². The van der Waals surface area contributed by atoms with Gasteiger partial charge in [-0.05, 0) is 43.7 Å².